The number of esters is 1. The molecule has 0 heterocycles. The van der Waals surface area contributed by atoms with Crippen molar-refractivity contribution in [2.75, 3.05) is 6.54 Å². The Balaban J connectivity index is 3.74. The normalized spacial score (nSPS) is 13.9. The van der Waals surface area contributed by atoms with Crippen molar-refractivity contribution in [3.8, 4) is 0 Å². The van der Waals surface area contributed by atoms with Crippen molar-refractivity contribution in [2.24, 2.45) is 0 Å². The molecule has 0 bridgehead atoms. The van der Waals surface area contributed by atoms with Gasteiger partial charge in [-0.25, -0.2) is 0 Å². The quantitative estimate of drug-likeness (QED) is 0.681. The summed E-state index contributed by atoms with van der Waals surface area (Å²) in [5.74, 6) is -0.138. The molecule has 0 saturated carbocycles. The van der Waals surface area contributed by atoms with E-state index in [1.165, 1.54) is 0 Å². The van der Waals surface area contributed by atoms with Crippen LogP contribution in [0.2, 0.25) is 0 Å². The van der Waals surface area contributed by atoms with Crippen molar-refractivity contribution < 1.29 is 9.53 Å². The average Bonchev–Trinajstić information content (AvgIpc) is 1.81. The monoisotopic (exact) mass is 187 g/mol. The molecule has 0 saturated heterocycles. The molecule has 0 aliphatic heterocycles. The van der Waals surface area contributed by atoms with Crippen molar-refractivity contribution in [1.82, 2.24) is 5.32 Å². The predicted molar refractivity (Wildman–Crippen MR) is 53.6 cm³/mol. The third kappa shape index (κ3) is 7.78. The van der Waals surface area contributed by atoms with Gasteiger partial charge in [-0.1, -0.05) is 6.92 Å². The van der Waals surface area contributed by atoms with Crippen LogP contribution in [0.25, 0.3) is 0 Å². The fourth-order valence-electron chi connectivity index (χ4n) is 1.05. The highest BCUT2D eigenvalue weighted by atomic mass is 16.6. The van der Waals surface area contributed by atoms with E-state index in [-0.39, 0.29) is 17.6 Å². The van der Waals surface area contributed by atoms with Crippen LogP contribution in [0.4, 0.5) is 0 Å². The van der Waals surface area contributed by atoms with Crippen LogP contribution >= 0.6 is 0 Å². The number of hydrogen-bond acceptors (Lipinski definition) is 3. The maximum Gasteiger partial charge on any atom is 0.307 e. The summed E-state index contributed by atoms with van der Waals surface area (Å²) in [7, 11) is 0. The first kappa shape index (κ1) is 12.4. The lowest BCUT2D eigenvalue weighted by molar-refractivity contribution is -0.155. The van der Waals surface area contributed by atoms with E-state index in [0.29, 0.717) is 6.42 Å². The lowest BCUT2D eigenvalue weighted by Gasteiger charge is -2.21. The Kier molecular flexibility index (Phi) is 4.99. The van der Waals surface area contributed by atoms with Gasteiger partial charge in [-0.2, -0.15) is 0 Å². The topological polar surface area (TPSA) is 38.3 Å². The summed E-state index contributed by atoms with van der Waals surface area (Å²) in [6.07, 6.45) is 0.436. The van der Waals surface area contributed by atoms with Gasteiger partial charge >= 0.3 is 5.97 Å². The lowest BCUT2D eigenvalue weighted by atomic mass is 10.2. The van der Waals surface area contributed by atoms with Gasteiger partial charge in [0.05, 0.1) is 6.42 Å². The Bertz CT molecular complexity index is 161. The highest BCUT2D eigenvalue weighted by Crippen LogP contribution is 2.08. The Morgan fingerprint density at radius 3 is 2.38 bits per heavy atom. The number of nitrogens with one attached hydrogen (secondary N) is 1. The number of carbonyl (C=O) groups excluding carboxylic acids is 1. The van der Waals surface area contributed by atoms with Crippen LogP contribution in [0, 0.1) is 0 Å². The van der Waals surface area contributed by atoms with Crippen LogP contribution in [0.3, 0.4) is 0 Å². The van der Waals surface area contributed by atoms with E-state index in [1.807, 2.05) is 34.6 Å². The van der Waals surface area contributed by atoms with Crippen LogP contribution in [-0.4, -0.2) is 24.2 Å². The largest absolute Gasteiger partial charge is 0.460 e. The number of ether oxygens (including phenoxy) is 1. The second-order valence-corrected chi connectivity index (χ2v) is 4.25. The van der Waals surface area contributed by atoms with Gasteiger partial charge in [-0.3, -0.25) is 4.79 Å². The molecule has 1 N–H and O–H groups in total. The second kappa shape index (κ2) is 5.22. The van der Waals surface area contributed by atoms with Crippen molar-refractivity contribution in [2.45, 2.75) is 52.7 Å². The van der Waals surface area contributed by atoms with Crippen molar-refractivity contribution in [1.29, 1.82) is 0 Å². The molecule has 78 valence electrons. The Morgan fingerprint density at radius 1 is 1.46 bits per heavy atom. The standard InChI is InChI=1S/C10H21NO2/c1-6-11-8(2)7-9(12)13-10(3,4)5/h8,11H,6-7H2,1-5H3. The average molecular weight is 187 g/mol. The molecule has 1 atom stereocenters. The summed E-state index contributed by atoms with van der Waals surface area (Å²) in [5, 5.41) is 3.16. The van der Waals surface area contributed by atoms with Crippen LogP contribution in [-0.2, 0) is 9.53 Å². The molecule has 0 rings (SSSR count). The zero-order chi connectivity index (χ0) is 10.5. The smallest absolute Gasteiger partial charge is 0.307 e. The first-order chi connectivity index (χ1) is 5.85. The van der Waals surface area contributed by atoms with Crippen molar-refractivity contribution in [3.63, 3.8) is 0 Å². The van der Waals surface area contributed by atoms with Gasteiger partial charge in [0.15, 0.2) is 0 Å². The lowest BCUT2D eigenvalue weighted by Crippen LogP contribution is -2.32. The minimum atomic E-state index is -0.372. The molecule has 1 unspecified atom stereocenters. The fourth-order valence-corrected chi connectivity index (χ4v) is 1.05. The van der Waals surface area contributed by atoms with Crippen molar-refractivity contribution >= 4 is 5.97 Å². The molecule has 0 aliphatic rings. The predicted octanol–water partition coefficient (Wildman–Crippen LogP) is 1.72. The Hall–Kier alpha value is -0.570. The third-order valence-electron chi connectivity index (χ3n) is 1.45. The third-order valence-corrected chi connectivity index (χ3v) is 1.45. The molecule has 3 heteroatoms. The summed E-state index contributed by atoms with van der Waals surface area (Å²) < 4.78 is 5.18. The zero-order valence-electron chi connectivity index (χ0n) is 9.31. The summed E-state index contributed by atoms with van der Waals surface area (Å²) in [6.45, 7) is 10.5. The molecule has 0 amide bonds. The highest BCUT2D eigenvalue weighted by molar-refractivity contribution is 5.70. The minimum absolute atomic E-state index is 0.138. The van der Waals surface area contributed by atoms with Crippen LogP contribution in [0.1, 0.15) is 41.0 Å². The summed E-state index contributed by atoms with van der Waals surface area (Å²) >= 11 is 0. The van der Waals surface area contributed by atoms with Gasteiger partial charge in [0.1, 0.15) is 5.60 Å². The molecule has 0 fully saturated rings. The van der Waals surface area contributed by atoms with E-state index in [4.69, 9.17) is 4.74 Å². The van der Waals surface area contributed by atoms with E-state index in [2.05, 4.69) is 5.32 Å². The van der Waals surface area contributed by atoms with E-state index >= 15 is 0 Å². The SMILES string of the molecule is CCNC(C)CC(=O)OC(C)(C)C. The van der Waals surface area contributed by atoms with Crippen LogP contribution in [0.5, 0.6) is 0 Å². The Morgan fingerprint density at radius 2 is 2.00 bits per heavy atom. The van der Waals surface area contributed by atoms with Gasteiger partial charge in [0.25, 0.3) is 0 Å². The molecular weight excluding hydrogens is 166 g/mol. The summed E-state index contributed by atoms with van der Waals surface area (Å²) in [6, 6.07) is 0.194. The summed E-state index contributed by atoms with van der Waals surface area (Å²) in [5.41, 5.74) is -0.372. The molecule has 0 aromatic carbocycles. The number of hydrogen-bond donors (Lipinski definition) is 1. The molecule has 0 aromatic heterocycles. The first-order valence-electron chi connectivity index (χ1n) is 4.80. The van der Waals surface area contributed by atoms with E-state index in [1.54, 1.807) is 0 Å². The Labute approximate surface area is 80.8 Å². The molecule has 0 spiro atoms. The second-order valence-electron chi connectivity index (χ2n) is 4.25. The number of rotatable bonds is 4. The van der Waals surface area contributed by atoms with Gasteiger partial charge in [0.2, 0.25) is 0 Å². The maximum atomic E-state index is 11.3. The van der Waals surface area contributed by atoms with Crippen LogP contribution < -0.4 is 5.32 Å². The van der Waals surface area contributed by atoms with Gasteiger partial charge in [-0.15, -0.1) is 0 Å². The van der Waals surface area contributed by atoms with Gasteiger partial charge in [-0.05, 0) is 34.2 Å². The van der Waals surface area contributed by atoms with Gasteiger partial charge < -0.3 is 10.1 Å². The molecule has 3 nitrogen and oxygen atoms in total. The molecular formula is C10H21NO2. The first-order valence-corrected chi connectivity index (χ1v) is 4.80. The molecule has 0 radical (unpaired) electrons. The zero-order valence-corrected chi connectivity index (χ0v) is 9.31. The summed E-state index contributed by atoms with van der Waals surface area (Å²) in [4.78, 5) is 11.3. The maximum absolute atomic E-state index is 11.3. The van der Waals surface area contributed by atoms with Crippen LogP contribution in [0.15, 0.2) is 0 Å². The molecule has 0 aromatic rings. The van der Waals surface area contributed by atoms with E-state index in [0.717, 1.165) is 6.54 Å². The minimum Gasteiger partial charge on any atom is -0.460 e. The van der Waals surface area contributed by atoms with E-state index < -0.39 is 0 Å². The number of carbonyl (C=O) groups is 1. The molecule has 13 heavy (non-hydrogen) atoms. The highest BCUT2D eigenvalue weighted by Gasteiger charge is 2.17. The molecule has 0 aliphatic carbocycles. The van der Waals surface area contributed by atoms with E-state index in [9.17, 15) is 4.79 Å². The fraction of sp³-hybridized carbons (Fsp3) is 0.900. The van der Waals surface area contributed by atoms with Gasteiger partial charge in [0, 0.05) is 6.04 Å². The van der Waals surface area contributed by atoms with Crippen molar-refractivity contribution in [3.05, 3.63) is 0 Å².